The van der Waals surface area contributed by atoms with Crippen LogP contribution in [-0.4, -0.2) is 4.57 Å². The number of hydrogen-bond donors (Lipinski definition) is 0. The standard InChI is InChI=1S/C15H19N/c1-3-6-13-12(4-2)14-8-5-7-11-9-10-15(13)16(11)14/h3,5-6,8,11H,4,7,9-10H2,1-2H3/t11-/m1/s1. The third kappa shape index (κ3) is 1.17. The van der Waals surface area contributed by atoms with Gasteiger partial charge in [0.2, 0.25) is 0 Å². The Bertz CT molecular complexity index is 474. The summed E-state index contributed by atoms with van der Waals surface area (Å²) in [5, 5.41) is 0. The molecule has 0 unspecified atom stereocenters. The maximum Gasteiger partial charge on any atom is 0.0447 e. The van der Waals surface area contributed by atoms with E-state index in [1.54, 1.807) is 11.3 Å². The van der Waals surface area contributed by atoms with E-state index in [9.17, 15) is 0 Å². The summed E-state index contributed by atoms with van der Waals surface area (Å²) in [5.74, 6) is 0. The van der Waals surface area contributed by atoms with Crippen LogP contribution in [0.3, 0.4) is 0 Å². The molecule has 0 aromatic carbocycles. The Hall–Kier alpha value is -1.24. The Labute approximate surface area is 97.5 Å². The molecule has 0 bridgehead atoms. The first-order valence-electron chi connectivity index (χ1n) is 6.42. The van der Waals surface area contributed by atoms with Gasteiger partial charge in [0.25, 0.3) is 0 Å². The quantitative estimate of drug-likeness (QED) is 0.700. The van der Waals surface area contributed by atoms with Crippen LogP contribution >= 0.6 is 0 Å². The number of rotatable bonds is 2. The Balaban J connectivity index is 2.27. The predicted octanol–water partition coefficient (Wildman–Crippen LogP) is 3.99. The van der Waals surface area contributed by atoms with Crippen LogP contribution in [-0.2, 0) is 12.8 Å². The van der Waals surface area contributed by atoms with Crippen LogP contribution in [0.2, 0.25) is 0 Å². The summed E-state index contributed by atoms with van der Waals surface area (Å²) >= 11 is 0. The third-order valence-corrected chi connectivity index (χ3v) is 3.95. The van der Waals surface area contributed by atoms with Gasteiger partial charge in [-0.25, -0.2) is 0 Å². The van der Waals surface area contributed by atoms with E-state index in [2.05, 4.69) is 42.7 Å². The second kappa shape index (κ2) is 3.65. The van der Waals surface area contributed by atoms with E-state index < -0.39 is 0 Å². The lowest BCUT2D eigenvalue weighted by atomic mass is 9.99. The van der Waals surface area contributed by atoms with Gasteiger partial charge in [-0.2, -0.15) is 0 Å². The number of aromatic nitrogens is 1. The normalized spacial score (nSPS) is 22.0. The molecule has 1 nitrogen and oxygen atoms in total. The molecule has 2 aliphatic rings. The van der Waals surface area contributed by atoms with E-state index in [0.717, 1.165) is 12.5 Å². The molecule has 3 rings (SSSR count). The lowest BCUT2D eigenvalue weighted by Gasteiger charge is -2.18. The van der Waals surface area contributed by atoms with E-state index in [1.807, 2.05) is 0 Å². The molecule has 0 fully saturated rings. The van der Waals surface area contributed by atoms with Gasteiger partial charge in [-0.1, -0.05) is 25.2 Å². The highest BCUT2D eigenvalue weighted by atomic mass is 15.1. The summed E-state index contributed by atoms with van der Waals surface area (Å²) in [6, 6.07) is 0.749. The molecule has 0 N–H and O–H groups in total. The summed E-state index contributed by atoms with van der Waals surface area (Å²) in [7, 11) is 0. The van der Waals surface area contributed by atoms with Gasteiger partial charge in [0.15, 0.2) is 0 Å². The molecule has 3 heterocycles. The molecule has 1 aromatic rings. The van der Waals surface area contributed by atoms with Crippen molar-refractivity contribution in [2.24, 2.45) is 0 Å². The zero-order chi connectivity index (χ0) is 11.1. The molecular formula is C15H19N. The van der Waals surface area contributed by atoms with Gasteiger partial charge in [0.1, 0.15) is 0 Å². The second-order valence-electron chi connectivity index (χ2n) is 4.78. The Morgan fingerprint density at radius 1 is 1.50 bits per heavy atom. The average Bonchev–Trinajstić information content (AvgIpc) is 2.85. The molecule has 0 saturated heterocycles. The van der Waals surface area contributed by atoms with Crippen molar-refractivity contribution in [3.63, 3.8) is 0 Å². The molecule has 0 spiro atoms. The zero-order valence-corrected chi connectivity index (χ0v) is 10.2. The Kier molecular flexibility index (Phi) is 2.27. The predicted molar refractivity (Wildman–Crippen MR) is 69.5 cm³/mol. The first-order valence-corrected chi connectivity index (χ1v) is 6.42. The molecule has 84 valence electrons. The molecule has 0 aliphatic carbocycles. The fourth-order valence-electron chi connectivity index (χ4n) is 3.31. The van der Waals surface area contributed by atoms with Gasteiger partial charge in [-0.05, 0) is 49.8 Å². The lowest BCUT2D eigenvalue weighted by Crippen LogP contribution is -2.08. The first-order chi connectivity index (χ1) is 7.86. The van der Waals surface area contributed by atoms with Crippen LogP contribution in [0.25, 0.3) is 12.2 Å². The van der Waals surface area contributed by atoms with Crippen molar-refractivity contribution in [3.8, 4) is 0 Å². The smallest absolute Gasteiger partial charge is 0.0447 e. The van der Waals surface area contributed by atoms with Gasteiger partial charge in [0, 0.05) is 17.4 Å². The van der Waals surface area contributed by atoms with Gasteiger partial charge in [-0.3, -0.25) is 0 Å². The van der Waals surface area contributed by atoms with Gasteiger partial charge in [-0.15, -0.1) is 0 Å². The molecule has 0 radical (unpaired) electrons. The van der Waals surface area contributed by atoms with Gasteiger partial charge >= 0.3 is 0 Å². The van der Waals surface area contributed by atoms with E-state index in [-0.39, 0.29) is 0 Å². The molecule has 1 atom stereocenters. The highest BCUT2D eigenvalue weighted by molar-refractivity contribution is 5.67. The highest BCUT2D eigenvalue weighted by Gasteiger charge is 2.30. The summed E-state index contributed by atoms with van der Waals surface area (Å²) in [6.45, 7) is 4.39. The maximum atomic E-state index is 2.61. The van der Waals surface area contributed by atoms with Crippen molar-refractivity contribution in [3.05, 3.63) is 34.7 Å². The third-order valence-electron chi connectivity index (χ3n) is 3.95. The topological polar surface area (TPSA) is 4.93 Å². The maximum absolute atomic E-state index is 2.61. The summed E-state index contributed by atoms with van der Waals surface area (Å²) in [4.78, 5) is 0. The summed E-state index contributed by atoms with van der Waals surface area (Å²) in [5.41, 5.74) is 6.13. The molecular weight excluding hydrogens is 194 g/mol. The van der Waals surface area contributed by atoms with Crippen LogP contribution < -0.4 is 0 Å². The van der Waals surface area contributed by atoms with Crippen molar-refractivity contribution in [2.75, 3.05) is 0 Å². The Morgan fingerprint density at radius 3 is 3.12 bits per heavy atom. The van der Waals surface area contributed by atoms with Crippen molar-refractivity contribution >= 4 is 12.2 Å². The average molecular weight is 213 g/mol. The van der Waals surface area contributed by atoms with Gasteiger partial charge in [0.05, 0.1) is 0 Å². The number of allylic oxidation sites excluding steroid dienone is 2. The van der Waals surface area contributed by atoms with Crippen molar-refractivity contribution in [1.82, 2.24) is 4.57 Å². The molecule has 0 saturated carbocycles. The molecule has 2 aliphatic heterocycles. The van der Waals surface area contributed by atoms with E-state index in [0.29, 0.717) is 0 Å². The van der Waals surface area contributed by atoms with E-state index >= 15 is 0 Å². The molecule has 1 aromatic heterocycles. The largest absolute Gasteiger partial charge is 0.341 e. The molecule has 1 heteroatoms. The summed E-state index contributed by atoms with van der Waals surface area (Å²) in [6.07, 6.45) is 14.1. The lowest BCUT2D eigenvalue weighted by molar-refractivity contribution is 0.524. The summed E-state index contributed by atoms with van der Waals surface area (Å²) < 4.78 is 2.61. The minimum atomic E-state index is 0.749. The van der Waals surface area contributed by atoms with Crippen LogP contribution in [0.4, 0.5) is 0 Å². The van der Waals surface area contributed by atoms with Crippen LogP contribution in [0.5, 0.6) is 0 Å². The number of nitrogens with zero attached hydrogens (tertiary/aromatic N) is 1. The number of hydrogen-bond acceptors (Lipinski definition) is 0. The van der Waals surface area contributed by atoms with E-state index in [1.165, 1.54) is 30.5 Å². The van der Waals surface area contributed by atoms with Crippen LogP contribution in [0.1, 0.15) is 55.2 Å². The van der Waals surface area contributed by atoms with Crippen molar-refractivity contribution in [1.29, 1.82) is 0 Å². The van der Waals surface area contributed by atoms with Crippen molar-refractivity contribution < 1.29 is 0 Å². The van der Waals surface area contributed by atoms with E-state index in [4.69, 9.17) is 0 Å². The zero-order valence-electron chi connectivity index (χ0n) is 10.2. The van der Waals surface area contributed by atoms with Crippen molar-refractivity contribution in [2.45, 2.75) is 45.6 Å². The molecule has 16 heavy (non-hydrogen) atoms. The fourth-order valence-corrected chi connectivity index (χ4v) is 3.31. The molecule has 0 amide bonds. The second-order valence-corrected chi connectivity index (χ2v) is 4.78. The highest BCUT2D eigenvalue weighted by Crippen LogP contribution is 2.41. The Morgan fingerprint density at radius 2 is 2.38 bits per heavy atom. The first kappa shape index (κ1) is 9.95. The van der Waals surface area contributed by atoms with Crippen LogP contribution in [0, 0.1) is 0 Å². The minimum Gasteiger partial charge on any atom is -0.341 e. The van der Waals surface area contributed by atoms with Gasteiger partial charge < -0.3 is 4.57 Å². The fraction of sp³-hybridized carbons (Fsp3) is 0.467. The monoisotopic (exact) mass is 213 g/mol. The van der Waals surface area contributed by atoms with Crippen LogP contribution in [0.15, 0.2) is 12.2 Å². The minimum absolute atomic E-state index is 0.749. The SMILES string of the molecule is CC=Cc1c(CC)c2n3c1CC[C@H]3CC=C2.